The van der Waals surface area contributed by atoms with Gasteiger partial charge in [-0.1, -0.05) is 30.3 Å². The van der Waals surface area contributed by atoms with Crippen molar-refractivity contribution in [3.05, 3.63) is 63.9 Å². The SMILES string of the molecule is Cc1ccccc1CNC(=O)/C=C/c1cccs1. The van der Waals surface area contributed by atoms with E-state index in [9.17, 15) is 4.79 Å². The van der Waals surface area contributed by atoms with Crippen molar-refractivity contribution in [2.24, 2.45) is 0 Å². The van der Waals surface area contributed by atoms with E-state index in [0.29, 0.717) is 6.54 Å². The Bertz CT molecular complexity index is 543. The first-order valence-corrected chi connectivity index (χ1v) is 6.67. The molecular formula is C15H15NOS. The van der Waals surface area contributed by atoms with Crippen molar-refractivity contribution in [1.29, 1.82) is 0 Å². The predicted molar refractivity (Wildman–Crippen MR) is 76.4 cm³/mol. The third-order valence-electron chi connectivity index (χ3n) is 2.66. The summed E-state index contributed by atoms with van der Waals surface area (Å²) in [6.07, 6.45) is 3.40. The van der Waals surface area contributed by atoms with E-state index in [4.69, 9.17) is 0 Å². The van der Waals surface area contributed by atoms with Crippen LogP contribution in [0.2, 0.25) is 0 Å². The van der Waals surface area contributed by atoms with Crippen LogP contribution in [0, 0.1) is 6.92 Å². The standard InChI is InChI=1S/C15H15NOS/c1-12-5-2-3-6-13(12)11-16-15(17)9-8-14-7-4-10-18-14/h2-10H,11H2,1H3,(H,16,17)/b9-8+. The summed E-state index contributed by atoms with van der Waals surface area (Å²) in [5, 5.41) is 4.87. The lowest BCUT2D eigenvalue weighted by molar-refractivity contribution is -0.116. The summed E-state index contributed by atoms with van der Waals surface area (Å²) in [6, 6.07) is 12.0. The molecule has 0 saturated carbocycles. The summed E-state index contributed by atoms with van der Waals surface area (Å²) >= 11 is 1.62. The third kappa shape index (κ3) is 3.57. The normalized spacial score (nSPS) is 10.7. The summed E-state index contributed by atoms with van der Waals surface area (Å²) < 4.78 is 0. The summed E-state index contributed by atoms with van der Waals surface area (Å²) in [5.74, 6) is -0.0633. The molecule has 0 atom stereocenters. The molecule has 1 aromatic heterocycles. The molecule has 2 nitrogen and oxygen atoms in total. The molecule has 2 aromatic rings. The van der Waals surface area contributed by atoms with Gasteiger partial charge >= 0.3 is 0 Å². The number of amides is 1. The van der Waals surface area contributed by atoms with Gasteiger partial charge in [0.2, 0.25) is 5.91 Å². The molecule has 0 saturated heterocycles. The maximum atomic E-state index is 11.6. The Labute approximate surface area is 111 Å². The summed E-state index contributed by atoms with van der Waals surface area (Å²) in [6.45, 7) is 2.61. The molecule has 0 fully saturated rings. The first-order valence-electron chi connectivity index (χ1n) is 5.79. The Morgan fingerprint density at radius 1 is 1.28 bits per heavy atom. The van der Waals surface area contributed by atoms with E-state index in [-0.39, 0.29) is 5.91 Å². The zero-order valence-electron chi connectivity index (χ0n) is 10.2. The van der Waals surface area contributed by atoms with Gasteiger partial charge in [-0.05, 0) is 35.6 Å². The number of nitrogens with one attached hydrogen (secondary N) is 1. The van der Waals surface area contributed by atoms with Crippen molar-refractivity contribution in [2.45, 2.75) is 13.5 Å². The zero-order chi connectivity index (χ0) is 12.8. The second kappa shape index (κ2) is 6.17. The minimum Gasteiger partial charge on any atom is -0.348 e. The fraction of sp³-hybridized carbons (Fsp3) is 0.133. The molecule has 1 heterocycles. The van der Waals surface area contributed by atoms with Gasteiger partial charge in [-0.3, -0.25) is 4.79 Å². The van der Waals surface area contributed by atoms with Gasteiger partial charge in [0.1, 0.15) is 0 Å². The summed E-state index contributed by atoms with van der Waals surface area (Å²) in [7, 11) is 0. The molecule has 18 heavy (non-hydrogen) atoms. The Morgan fingerprint density at radius 2 is 2.11 bits per heavy atom. The minimum absolute atomic E-state index is 0.0633. The zero-order valence-corrected chi connectivity index (χ0v) is 11.0. The number of aryl methyl sites for hydroxylation is 1. The van der Waals surface area contributed by atoms with E-state index in [1.54, 1.807) is 17.4 Å². The average Bonchev–Trinajstić information content (AvgIpc) is 2.88. The molecule has 0 unspecified atom stereocenters. The predicted octanol–water partition coefficient (Wildman–Crippen LogP) is 3.39. The number of carbonyl (C=O) groups is 1. The first kappa shape index (κ1) is 12.6. The smallest absolute Gasteiger partial charge is 0.244 e. The molecule has 0 aliphatic rings. The lowest BCUT2D eigenvalue weighted by atomic mass is 10.1. The van der Waals surface area contributed by atoms with Crippen LogP contribution in [0.3, 0.4) is 0 Å². The topological polar surface area (TPSA) is 29.1 Å². The highest BCUT2D eigenvalue weighted by Gasteiger charge is 1.99. The number of thiophene rings is 1. The van der Waals surface area contributed by atoms with Gasteiger partial charge in [0, 0.05) is 17.5 Å². The van der Waals surface area contributed by atoms with Crippen molar-refractivity contribution in [2.75, 3.05) is 0 Å². The van der Waals surface area contributed by atoms with Gasteiger partial charge in [-0.2, -0.15) is 0 Å². The first-order chi connectivity index (χ1) is 8.75. The molecule has 0 bridgehead atoms. The Kier molecular flexibility index (Phi) is 4.31. The second-order valence-electron chi connectivity index (χ2n) is 3.99. The van der Waals surface area contributed by atoms with Crippen molar-refractivity contribution in [3.8, 4) is 0 Å². The van der Waals surface area contributed by atoms with Crippen LogP contribution in [0.4, 0.5) is 0 Å². The van der Waals surface area contributed by atoms with Gasteiger partial charge in [-0.25, -0.2) is 0 Å². The number of hydrogen-bond acceptors (Lipinski definition) is 2. The molecule has 0 aliphatic heterocycles. The Hall–Kier alpha value is -1.87. The van der Waals surface area contributed by atoms with Crippen molar-refractivity contribution in [1.82, 2.24) is 5.32 Å². The summed E-state index contributed by atoms with van der Waals surface area (Å²) in [5.41, 5.74) is 2.34. The molecule has 1 N–H and O–H groups in total. The Morgan fingerprint density at radius 3 is 2.83 bits per heavy atom. The molecule has 0 aliphatic carbocycles. The van der Waals surface area contributed by atoms with Crippen LogP contribution in [-0.2, 0) is 11.3 Å². The maximum absolute atomic E-state index is 11.6. The maximum Gasteiger partial charge on any atom is 0.244 e. The van der Waals surface area contributed by atoms with Crippen molar-refractivity contribution in [3.63, 3.8) is 0 Å². The molecular weight excluding hydrogens is 242 g/mol. The fourth-order valence-electron chi connectivity index (χ4n) is 1.59. The largest absolute Gasteiger partial charge is 0.348 e. The second-order valence-corrected chi connectivity index (χ2v) is 4.97. The van der Waals surface area contributed by atoms with Gasteiger partial charge in [0.05, 0.1) is 0 Å². The number of benzene rings is 1. The van der Waals surface area contributed by atoms with E-state index in [0.717, 1.165) is 10.4 Å². The van der Waals surface area contributed by atoms with Gasteiger partial charge in [-0.15, -0.1) is 11.3 Å². The Balaban J connectivity index is 1.87. The van der Waals surface area contributed by atoms with Crippen LogP contribution >= 0.6 is 11.3 Å². The van der Waals surface area contributed by atoms with Crippen molar-refractivity contribution >= 4 is 23.3 Å². The van der Waals surface area contributed by atoms with Crippen molar-refractivity contribution < 1.29 is 4.79 Å². The average molecular weight is 257 g/mol. The highest BCUT2D eigenvalue weighted by Crippen LogP contribution is 2.10. The fourth-order valence-corrected chi connectivity index (χ4v) is 2.21. The lowest BCUT2D eigenvalue weighted by Gasteiger charge is -2.05. The molecule has 2 rings (SSSR count). The number of carbonyl (C=O) groups excluding carboxylic acids is 1. The molecule has 1 amide bonds. The third-order valence-corrected chi connectivity index (χ3v) is 3.49. The van der Waals surface area contributed by atoms with Crippen LogP contribution in [0.15, 0.2) is 47.9 Å². The highest BCUT2D eigenvalue weighted by molar-refractivity contribution is 7.10. The van der Waals surface area contributed by atoms with Crippen LogP contribution in [-0.4, -0.2) is 5.91 Å². The minimum atomic E-state index is -0.0633. The van der Waals surface area contributed by atoms with E-state index in [2.05, 4.69) is 5.32 Å². The van der Waals surface area contributed by atoms with Gasteiger partial charge in [0.15, 0.2) is 0 Å². The lowest BCUT2D eigenvalue weighted by Crippen LogP contribution is -2.20. The van der Waals surface area contributed by atoms with Crippen LogP contribution < -0.4 is 5.32 Å². The van der Waals surface area contributed by atoms with Gasteiger partial charge < -0.3 is 5.32 Å². The van der Waals surface area contributed by atoms with E-state index < -0.39 is 0 Å². The van der Waals surface area contributed by atoms with Gasteiger partial charge in [0.25, 0.3) is 0 Å². The van der Waals surface area contributed by atoms with E-state index >= 15 is 0 Å². The number of rotatable bonds is 4. The quantitative estimate of drug-likeness (QED) is 0.836. The summed E-state index contributed by atoms with van der Waals surface area (Å²) in [4.78, 5) is 12.7. The molecule has 3 heteroatoms. The highest BCUT2D eigenvalue weighted by atomic mass is 32.1. The molecule has 92 valence electrons. The molecule has 1 aromatic carbocycles. The van der Waals surface area contributed by atoms with Crippen LogP contribution in [0.1, 0.15) is 16.0 Å². The van der Waals surface area contributed by atoms with Crippen LogP contribution in [0.25, 0.3) is 6.08 Å². The number of hydrogen-bond donors (Lipinski definition) is 1. The molecule has 0 spiro atoms. The van der Waals surface area contributed by atoms with E-state index in [1.807, 2.05) is 54.8 Å². The van der Waals surface area contributed by atoms with Crippen LogP contribution in [0.5, 0.6) is 0 Å². The molecule has 0 radical (unpaired) electrons. The monoisotopic (exact) mass is 257 g/mol. The van der Waals surface area contributed by atoms with E-state index in [1.165, 1.54) is 5.56 Å².